The minimum Gasteiger partial charge on any atom is -0.497 e. The molecule has 4 rings (SSSR count). The monoisotopic (exact) mass is 602 g/mol. The lowest BCUT2D eigenvalue weighted by Crippen LogP contribution is -2.48. The molecule has 210 valence electrons. The van der Waals surface area contributed by atoms with E-state index < -0.39 is 5.91 Å². The first-order chi connectivity index (χ1) is 19.2. The number of thiocarbonyl (C=S) groups is 1. The second-order valence-electron chi connectivity index (χ2n) is 8.81. The maximum atomic E-state index is 13.1. The number of amides is 2. The Morgan fingerprint density at radius 2 is 1.38 bits per heavy atom. The molecule has 0 bridgehead atoms. The second-order valence-corrected chi connectivity index (χ2v) is 10.0. The lowest BCUT2D eigenvalue weighted by Gasteiger charge is -2.36. The van der Waals surface area contributed by atoms with Gasteiger partial charge in [0.15, 0.2) is 10.9 Å². The molecule has 0 atom stereocenters. The molecule has 2 N–H and O–H groups in total. The Kier molecular flexibility index (Phi) is 9.57. The van der Waals surface area contributed by atoms with Crippen molar-refractivity contribution in [2.24, 2.45) is 0 Å². The normalized spacial score (nSPS) is 12.9. The summed E-state index contributed by atoms with van der Waals surface area (Å²) in [6.07, 6.45) is 0. The fourth-order valence-corrected chi connectivity index (χ4v) is 5.11. The zero-order valence-corrected chi connectivity index (χ0v) is 24.5. The molecule has 1 aliphatic heterocycles. The van der Waals surface area contributed by atoms with Gasteiger partial charge in [-0.1, -0.05) is 23.2 Å². The molecule has 0 aliphatic carbocycles. The van der Waals surface area contributed by atoms with Crippen molar-refractivity contribution in [3.05, 3.63) is 75.8 Å². The summed E-state index contributed by atoms with van der Waals surface area (Å²) >= 11 is 17.6. The third-order valence-electron chi connectivity index (χ3n) is 6.35. The zero-order valence-electron chi connectivity index (χ0n) is 22.1. The number of nitrogens with one attached hydrogen (secondary N) is 2. The number of nitrogens with zero attached hydrogens (tertiary/aromatic N) is 2. The summed E-state index contributed by atoms with van der Waals surface area (Å²) in [6.45, 7) is 2.52. The minimum absolute atomic E-state index is 0.0638. The fraction of sp³-hybridized carbons (Fsp3) is 0.250. The molecule has 0 spiro atoms. The van der Waals surface area contributed by atoms with Gasteiger partial charge in [0, 0.05) is 54.7 Å². The van der Waals surface area contributed by atoms with Crippen molar-refractivity contribution in [2.75, 3.05) is 57.7 Å². The average molecular weight is 604 g/mol. The highest BCUT2D eigenvalue weighted by molar-refractivity contribution is 7.80. The molecule has 1 aliphatic rings. The van der Waals surface area contributed by atoms with Crippen molar-refractivity contribution in [1.29, 1.82) is 0 Å². The van der Waals surface area contributed by atoms with Gasteiger partial charge in [0.2, 0.25) is 0 Å². The number of rotatable bonds is 7. The number of carbonyl (C=O) groups excluding carboxylic acids is 2. The first kappa shape index (κ1) is 29.3. The molecule has 0 unspecified atom stereocenters. The summed E-state index contributed by atoms with van der Waals surface area (Å²) in [5.74, 6) is 0.921. The van der Waals surface area contributed by atoms with Gasteiger partial charge < -0.3 is 29.3 Å². The number of methoxy groups -OCH3 is 3. The largest absolute Gasteiger partial charge is 0.497 e. The summed E-state index contributed by atoms with van der Waals surface area (Å²) in [4.78, 5) is 29.7. The van der Waals surface area contributed by atoms with Crippen LogP contribution in [0.3, 0.4) is 0 Å². The first-order valence-electron chi connectivity index (χ1n) is 12.2. The maximum Gasteiger partial charge on any atom is 0.257 e. The van der Waals surface area contributed by atoms with Crippen molar-refractivity contribution in [2.45, 2.75) is 0 Å². The van der Waals surface area contributed by atoms with E-state index in [2.05, 4.69) is 15.5 Å². The quantitative estimate of drug-likeness (QED) is 0.361. The second kappa shape index (κ2) is 13.1. The molecular weight excluding hydrogens is 575 g/mol. The highest BCUT2D eigenvalue weighted by atomic mass is 35.5. The van der Waals surface area contributed by atoms with E-state index in [1.807, 2.05) is 29.2 Å². The molecule has 1 heterocycles. The molecule has 3 aromatic carbocycles. The van der Waals surface area contributed by atoms with Crippen LogP contribution in [0.25, 0.3) is 0 Å². The van der Waals surface area contributed by atoms with Crippen molar-refractivity contribution in [3.63, 3.8) is 0 Å². The lowest BCUT2D eigenvalue weighted by molar-refractivity contribution is 0.0745. The number of carbonyl (C=O) groups is 2. The van der Waals surface area contributed by atoms with Crippen LogP contribution in [0.1, 0.15) is 20.7 Å². The summed E-state index contributed by atoms with van der Waals surface area (Å²) in [5.41, 5.74) is 2.50. The molecule has 0 saturated carbocycles. The van der Waals surface area contributed by atoms with Crippen molar-refractivity contribution in [3.8, 4) is 17.2 Å². The van der Waals surface area contributed by atoms with E-state index in [1.165, 1.54) is 19.2 Å². The van der Waals surface area contributed by atoms with Crippen LogP contribution in [0.15, 0.2) is 54.6 Å². The summed E-state index contributed by atoms with van der Waals surface area (Å²) in [7, 11) is 4.56. The van der Waals surface area contributed by atoms with Crippen molar-refractivity contribution >= 4 is 63.7 Å². The molecule has 1 fully saturated rings. The predicted octanol–water partition coefficient (Wildman–Crippen LogP) is 5.11. The van der Waals surface area contributed by atoms with E-state index in [1.54, 1.807) is 32.4 Å². The van der Waals surface area contributed by atoms with E-state index in [4.69, 9.17) is 49.6 Å². The molecule has 9 nitrogen and oxygen atoms in total. The number of benzene rings is 3. The molecule has 0 aromatic heterocycles. The third kappa shape index (κ3) is 6.88. The molecule has 1 saturated heterocycles. The van der Waals surface area contributed by atoms with Crippen LogP contribution >= 0.6 is 35.4 Å². The van der Waals surface area contributed by atoms with Gasteiger partial charge in [-0.05, 0) is 60.7 Å². The van der Waals surface area contributed by atoms with Crippen LogP contribution in [0.4, 0.5) is 11.4 Å². The van der Waals surface area contributed by atoms with E-state index in [9.17, 15) is 9.59 Å². The summed E-state index contributed by atoms with van der Waals surface area (Å²) < 4.78 is 15.7. The van der Waals surface area contributed by atoms with Gasteiger partial charge in [-0.3, -0.25) is 14.9 Å². The lowest BCUT2D eigenvalue weighted by atomic mass is 10.1. The number of anilines is 2. The highest BCUT2D eigenvalue weighted by Gasteiger charge is 2.23. The Hall–Kier alpha value is -3.73. The van der Waals surface area contributed by atoms with Gasteiger partial charge in [0.25, 0.3) is 11.8 Å². The molecule has 40 heavy (non-hydrogen) atoms. The maximum absolute atomic E-state index is 13.1. The molecule has 0 radical (unpaired) electrons. The number of halogens is 2. The molecule has 3 aromatic rings. The fourth-order valence-electron chi connectivity index (χ4n) is 4.26. The van der Waals surface area contributed by atoms with Crippen LogP contribution in [-0.4, -0.2) is 69.3 Å². The Morgan fingerprint density at radius 1 is 0.800 bits per heavy atom. The van der Waals surface area contributed by atoms with Crippen LogP contribution in [-0.2, 0) is 0 Å². The zero-order chi connectivity index (χ0) is 28.8. The van der Waals surface area contributed by atoms with E-state index in [0.717, 1.165) is 5.69 Å². The van der Waals surface area contributed by atoms with Gasteiger partial charge in [-0.25, -0.2) is 0 Å². The van der Waals surface area contributed by atoms with Gasteiger partial charge in [0.05, 0.1) is 31.4 Å². The van der Waals surface area contributed by atoms with Crippen molar-refractivity contribution < 1.29 is 23.8 Å². The smallest absolute Gasteiger partial charge is 0.257 e. The van der Waals surface area contributed by atoms with E-state index in [-0.39, 0.29) is 26.6 Å². The Balaban J connectivity index is 1.31. The minimum atomic E-state index is -0.458. The van der Waals surface area contributed by atoms with Gasteiger partial charge in [-0.15, -0.1) is 0 Å². The molecule has 12 heteroatoms. The number of hydrogen-bond acceptors (Lipinski definition) is 7. The Labute approximate surface area is 247 Å². The Bertz CT molecular complexity index is 1370. The van der Waals surface area contributed by atoms with Crippen LogP contribution in [0.2, 0.25) is 10.0 Å². The SMILES string of the molecule is COc1cc(OC)cc(C(=O)N2CCN(c3ccc(NC(=S)NC(=O)c4cc(Cl)c(OC)c(Cl)c4)cc3)CC2)c1. The average Bonchev–Trinajstić information content (AvgIpc) is 2.96. The third-order valence-corrected chi connectivity index (χ3v) is 7.11. The topological polar surface area (TPSA) is 92.4 Å². The van der Waals surface area contributed by atoms with Crippen LogP contribution in [0, 0.1) is 0 Å². The van der Waals surface area contributed by atoms with Crippen LogP contribution < -0.4 is 29.7 Å². The summed E-state index contributed by atoms with van der Waals surface area (Å²) in [6, 6.07) is 15.7. The predicted molar refractivity (Wildman–Crippen MR) is 161 cm³/mol. The van der Waals surface area contributed by atoms with Crippen molar-refractivity contribution in [1.82, 2.24) is 10.2 Å². The van der Waals surface area contributed by atoms with Gasteiger partial charge >= 0.3 is 0 Å². The highest BCUT2D eigenvalue weighted by Crippen LogP contribution is 2.33. The van der Waals surface area contributed by atoms with Crippen LogP contribution in [0.5, 0.6) is 17.2 Å². The number of hydrogen-bond donors (Lipinski definition) is 2. The van der Waals surface area contributed by atoms with Gasteiger partial charge in [-0.2, -0.15) is 0 Å². The molecule has 2 amide bonds. The first-order valence-corrected chi connectivity index (χ1v) is 13.4. The Morgan fingerprint density at radius 3 is 1.90 bits per heavy atom. The van der Waals surface area contributed by atoms with Gasteiger partial charge in [0.1, 0.15) is 11.5 Å². The number of piperazine rings is 1. The standard InChI is InChI=1S/C28H28Cl2N4O5S/c1-37-21-12-18(13-22(16-21)38-2)27(36)34-10-8-33(9-11-34)20-6-4-19(5-7-20)31-28(40)32-26(35)17-14-23(29)25(39-3)24(30)15-17/h4-7,12-16H,8-11H2,1-3H3,(H2,31,32,35,40). The van der Waals surface area contributed by atoms with E-state index in [0.29, 0.717) is 54.7 Å². The molecular formula is C28H28Cl2N4O5S. The van der Waals surface area contributed by atoms with E-state index >= 15 is 0 Å². The number of ether oxygens (including phenoxy) is 3. The summed E-state index contributed by atoms with van der Waals surface area (Å²) in [5, 5.41) is 6.19.